The Hall–Kier alpha value is -5.24. The van der Waals surface area contributed by atoms with Gasteiger partial charge >= 0.3 is 0 Å². The van der Waals surface area contributed by atoms with Crippen molar-refractivity contribution in [2.45, 2.75) is 324 Å². The maximum atomic E-state index is 6.85. The van der Waals surface area contributed by atoms with Gasteiger partial charge in [0.05, 0.1) is 0 Å². The van der Waals surface area contributed by atoms with E-state index in [1.165, 1.54) is 171 Å². The molecule has 0 amide bonds. The fourth-order valence-electron chi connectivity index (χ4n) is 19.1. The molecule has 8 heteroatoms. The molecule has 8 nitrogen and oxygen atoms in total. The van der Waals surface area contributed by atoms with Gasteiger partial charge in [0.1, 0.15) is 94.8 Å². The van der Waals surface area contributed by atoms with Crippen molar-refractivity contribution in [1.82, 2.24) is 0 Å². The number of allylic oxidation sites excluding steroid dienone is 4. The van der Waals surface area contributed by atoms with E-state index in [1.54, 1.807) is 0 Å². The van der Waals surface area contributed by atoms with Crippen molar-refractivity contribution < 1.29 is 37.9 Å². The van der Waals surface area contributed by atoms with Crippen LogP contribution >= 0.6 is 0 Å². The summed E-state index contributed by atoms with van der Waals surface area (Å²) in [5.41, 5.74) is 12.6. The molecule has 0 unspecified atom stereocenters. The van der Waals surface area contributed by atoms with E-state index < -0.39 is 0 Å². The third-order valence-electron chi connectivity index (χ3n) is 24.3. The maximum Gasteiger partial charge on any atom is 0.127 e. The SMILES string of the molecule is CCCCCc1cc(OCCOc2cc(CCCCC)cc3c2[C@@H]2C[C@@H](C)CC[C@H]2C(C)(C)O3)c2c(c1)OC(C)(C)[C@@H]1CCC(C)=C[C@@H]21.CCCCCc1cc(OCCOc2cc(CCCCC)cc3c2[C@@H]2C[C@H](C)CC[C@H]2C(C)(C)O3)c2c(c1)OC(C)(C)[C@@H]1CCC(C)=C[C@@H]21. The Morgan fingerprint density at radius 3 is 0.938 bits per heavy atom. The topological polar surface area (TPSA) is 73.8 Å². The molecule has 4 aromatic carbocycles. The van der Waals surface area contributed by atoms with E-state index in [-0.39, 0.29) is 22.4 Å². The van der Waals surface area contributed by atoms with Crippen molar-refractivity contribution in [2.75, 3.05) is 26.4 Å². The van der Waals surface area contributed by atoms with Gasteiger partial charge in [0.25, 0.3) is 0 Å². The van der Waals surface area contributed by atoms with Gasteiger partial charge in [-0.2, -0.15) is 0 Å². The molecule has 0 spiro atoms. The van der Waals surface area contributed by atoms with Crippen LogP contribution in [0.15, 0.2) is 71.8 Å². The number of hydrogen-bond acceptors (Lipinski definition) is 8. The summed E-state index contributed by atoms with van der Waals surface area (Å²) in [6.07, 6.45) is 35.8. The van der Waals surface area contributed by atoms with Gasteiger partial charge in [-0.05, 0) is 266 Å². The predicted molar refractivity (Wildman–Crippen MR) is 396 cm³/mol. The number of fused-ring (bicyclic) bond motifs is 12. The lowest BCUT2D eigenvalue weighted by molar-refractivity contribution is -0.0152. The molecular formula is C88H128O8. The monoisotopic (exact) mass is 1310 g/mol. The van der Waals surface area contributed by atoms with Crippen LogP contribution < -0.4 is 37.9 Å². The van der Waals surface area contributed by atoms with E-state index in [0.717, 1.165) is 109 Å². The van der Waals surface area contributed by atoms with Gasteiger partial charge in [0.15, 0.2) is 0 Å². The summed E-state index contributed by atoms with van der Waals surface area (Å²) in [5.74, 6) is 13.1. The third-order valence-corrected chi connectivity index (χ3v) is 24.3. The zero-order valence-corrected chi connectivity index (χ0v) is 63.0. The van der Waals surface area contributed by atoms with Crippen LogP contribution in [-0.2, 0) is 25.7 Å². The average molecular weight is 1310 g/mol. The van der Waals surface area contributed by atoms with Crippen LogP contribution in [0.5, 0.6) is 46.0 Å². The van der Waals surface area contributed by atoms with Crippen molar-refractivity contribution >= 4 is 0 Å². The molecule has 4 aromatic rings. The Bertz CT molecular complexity index is 3120. The lowest BCUT2D eigenvalue weighted by atomic mass is 9.64. The van der Waals surface area contributed by atoms with Crippen LogP contribution in [0.2, 0.25) is 0 Å². The Morgan fingerprint density at radius 2 is 0.635 bits per heavy atom. The highest BCUT2D eigenvalue weighted by molar-refractivity contribution is 5.58. The summed E-state index contributed by atoms with van der Waals surface area (Å²) >= 11 is 0. The third kappa shape index (κ3) is 16.3. The Labute approximate surface area is 582 Å². The number of hydrogen-bond donors (Lipinski definition) is 0. The van der Waals surface area contributed by atoms with Crippen LogP contribution in [0.1, 0.15) is 320 Å². The molecule has 0 aromatic heterocycles. The van der Waals surface area contributed by atoms with Crippen molar-refractivity contribution in [3.63, 3.8) is 0 Å². The van der Waals surface area contributed by atoms with Gasteiger partial charge in [-0.1, -0.05) is 129 Å². The molecule has 2 saturated carbocycles. The molecule has 0 saturated heterocycles. The van der Waals surface area contributed by atoms with Gasteiger partial charge in [0, 0.05) is 57.8 Å². The smallest absolute Gasteiger partial charge is 0.127 e. The number of unbranched alkanes of at least 4 members (excludes halogenated alkanes) is 8. The van der Waals surface area contributed by atoms with Crippen molar-refractivity contribution in [2.24, 2.45) is 35.5 Å². The molecule has 12 rings (SSSR count). The molecular weight excluding hydrogens is 1180 g/mol. The van der Waals surface area contributed by atoms with Crippen LogP contribution in [0, 0.1) is 35.5 Å². The first-order valence-corrected chi connectivity index (χ1v) is 39.3. The fourth-order valence-corrected chi connectivity index (χ4v) is 19.1. The van der Waals surface area contributed by atoms with Gasteiger partial charge < -0.3 is 37.9 Å². The first-order valence-electron chi connectivity index (χ1n) is 39.3. The molecule has 2 fully saturated rings. The number of aryl methyl sites for hydroxylation is 4. The first-order chi connectivity index (χ1) is 46.0. The van der Waals surface area contributed by atoms with E-state index in [1.807, 2.05) is 0 Å². The quantitative estimate of drug-likeness (QED) is 0.0455. The standard InChI is InChI=1S/2C44H64O4/c2*1-9-11-13-15-31-25-37(41-33-23-29(3)17-19-35(33)43(5,6)47-39(41)27-31)45-21-22-46-38-26-32(16-14-12-10-2)28-40-42(38)34-24-30(4)18-20-36(34)44(7,8)48-40/h2*23,25-28,30,33-36H,9-22,24H2,1-8H3/t30-,33+,34+,35+,36+;30-,33-,34-,35-,36-/m01/s1. The molecule has 528 valence electrons. The fraction of sp³-hybridized carbons (Fsp3) is 0.682. The van der Waals surface area contributed by atoms with E-state index in [9.17, 15) is 0 Å². The highest BCUT2D eigenvalue weighted by Gasteiger charge is 2.51. The maximum absolute atomic E-state index is 6.85. The minimum Gasteiger partial charge on any atom is -0.490 e. The highest BCUT2D eigenvalue weighted by atomic mass is 16.5. The molecule has 0 bridgehead atoms. The van der Waals surface area contributed by atoms with Crippen molar-refractivity contribution in [1.29, 1.82) is 0 Å². The molecule has 4 heterocycles. The normalized spacial score (nSPS) is 26.5. The number of rotatable bonds is 26. The minimum atomic E-state index is -0.205. The van der Waals surface area contributed by atoms with Crippen LogP contribution in [0.4, 0.5) is 0 Å². The zero-order valence-electron chi connectivity index (χ0n) is 63.0. The van der Waals surface area contributed by atoms with E-state index in [4.69, 9.17) is 37.9 Å². The molecule has 8 aliphatic rings. The van der Waals surface area contributed by atoms with Crippen LogP contribution in [-0.4, -0.2) is 48.8 Å². The van der Waals surface area contributed by atoms with Gasteiger partial charge in [-0.3, -0.25) is 0 Å². The molecule has 96 heavy (non-hydrogen) atoms. The predicted octanol–water partition coefficient (Wildman–Crippen LogP) is 23.8. The van der Waals surface area contributed by atoms with E-state index >= 15 is 0 Å². The average Bonchev–Trinajstić information content (AvgIpc) is 0.767. The Balaban J connectivity index is 0.000000195. The van der Waals surface area contributed by atoms with Gasteiger partial charge in [-0.15, -0.1) is 0 Å². The number of ether oxygens (including phenoxy) is 8. The largest absolute Gasteiger partial charge is 0.490 e. The van der Waals surface area contributed by atoms with Crippen molar-refractivity contribution in [3.8, 4) is 46.0 Å². The Morgan fingerprint density at radius 1 is 0.354 bits per heavy atom. The summed E-state index contributed by atoms with van der Waals surface area (Å²) in [6.45, 7) is 38.8. The lowest BCUT2D eigenvalue weighted by Gasteiger charge is -2.49. The van der Waals surface area contributed by atoms with Crippen LogP contribution in [0.25, 0.3) is 0 Å². The minimum absolute atomic E-state index is 0.165. The van der Waals surface area contributed by atoms with Gasteiger partial charge in [0.2, 0.25) is 0 Å². The van der Waals surface area contributed by atoms with Gasteiger partial charge in [-0.25, -0.2) is 0 Å². The second-order valence-electron chi connectivity index (χ2n) is 33.7. The molecule has 0 N–H and O–H groups in total. The second-order valence-corrected chi connectivity index (χ2v) is 33.7. The molecule has 0 radical (unpaired) electrons. The lowest BCUT2D eigenvalue weighted by Crippen LogP contribution is -2.46. The molecule has 4 aliphatic carbocycles. The summed E-state index contributed by atoms with van der Waals surface area (Å²) in [6, 6.07) is 18.6. The summed E-state index contributed by atoms with van der Waals surface area (Å²) in [4.78, 5) is 0. The molecule has 4 aliphatic heterocycles. The summed E-state index contributed by atoms with van der Waals surface area (Å²) in [7, 11) is 0. The summed E-state index contributed by atoms with van der Waals surface area (Å²) < 4.78 is 54.5. The summed E-state index contributed by atoms with van der Waals surface area (Å²) in [5, 5.41) is 0. The second kappa shape index (κ2) is 31.1. The van der Waals surface area contributed by atoms with E-state index in [2.05, 4.69) is 171 Å². The van der Waals surface area contributed by atoms with E-state index in [0.29, 0.717) is 73.8 Å². The first kappa shape index (κ1) is 72.0. The zero-order chi connectivity index (χ0) is 68.1. The highest BCUT2D eigenvalue weighted by Crippen LogP contribution is 2.60. The molecule has 10 atom stereocenters. The Kier molecular flexibility index (Phi) is 23.3. The van der Waals surface area contributed by atoms with Crippen LogP contribution in [0.3, 0.4) is 0 Å². The number of benzene rings is 4. The van der Waals surface area contributed by atoms with Crippen molar-refractivity contribution in [3.05, 3.63) is 116 Å².